The fraction of sp³-hybridized carbons (Fsp3) is 0.796. The standard InChI is InChI=1S/C49H88O18P2/c1-3-5-7-9-11-13-15-17-18-19-20-21-23-25-27-29-31-35-43(53)65-39(38-64-69(61,62)67-49-46(56)44(54)45(55)48(47(49)57)66-68(58,59)60)37-63-42(52)36-32-34-41(51)40(50)33-30-28-26-24-22-16-14-12-10-8-6-4-2/h6,8,12,14,22,24,28,30,39-41,44-51,54-57H,3-5,7,9-11,13,15-21,23,25-27,29,31-38H2,1-2H3,(H,61,62)(H2,58,59,60)/b8-6-,14-12-,24-22-,30-28-/t39-,40+,41+,44?,45?,46?,47?,48-,49+/m1/s1. The van der Waals surface area contributed by atoms with Gasteiger partial charge < -0.3 is 54.8 Å². The first-order chi connectivity index (χ1) is 32.9. The molecule has 5 unspecified atom stereocenters. The number of allylic oxidation sites excluding steroid dienone is 7. The van der Waals surface area contributed by atoms with Gasteiger partial charge in [-0.1, -0.05) is 165 Å². The molecule has 0 radical (unpaired) electrons. The molecule has 18 nitrogen and oxygen atoms in total. The Morgan fingerprint density at radius 2 is 0.971 bits per heavy atom. The van der Waals surface area contributed by atoms with E-state index in [0.29, 0.717) is 12.8 Å². The molecule has 9 N–H and O–H groups in total. The van der Waals surface area contributed by atoms with Crippen molar-refractivity contribution in [1.29, 1.82) is 0 Å². The Hall–Kier alpha value is -2.12. The van der Waals surface area contributed by atoms with E-state index in [0.717, 1.165) is 51.4 Å². The number of carbonyl (C=O) groups excluding carboxylic acids is 2. The number of rotatable bonds is 42. The van der Waals surface area contributed by atoms with E-state index >= 15 is 0 Å². The number of hydrogen-bond acceptors (Lipinski definition) is 15. The molecular formula is C49H88O18P2. The van der Waals surface area contributed by atoms with Crippen LogP contribution in [0, 0.1) is 0 Å². The van der Waals surface area contributed by atoms with Crippen molar-refractivity contribution in [2.75, 3.05) is 13.2 Å². The molecule has 1 fully saturated rings. The average molecular weight is 1030 g/mol. The van der Waals surface area contributed by atoms with Gasteiger partial charge in [-0.25, -0.2) is 9.13 Å². The number of ether oxygens (including phenoxy) is 2. The summed E-state index contributed by atoms with van der Waals surface area (Å²) in [7, 11) is -10.8. The number of aliphatic hydroxyl groups is 6. The highest BCUT2D eigenvalue weighted by Crippen LogP contribution is 2.49. The SMILES string of the molecule is CC/C=C\C/C=C\C/C=C\C/C=C\C[C@H](O)[C@@H](O)CCCC(=O)OC[C@H](COP(=O)(O)O[C@H]1C(O)C(O)C(O)[C@@H](OP(=O)(O)O)C1O)OC(=O)CCCCCCCCCCCCCCCCCCC. The molecule has 10 atom stereocenters. The Morgan fingerprint density at radius 3 is 1.46 bits per heavy atom. The summed E-state index contributed by atoms with van der Waals surface area (Å²) in [5.74, 6) is -1.49. The Labute approximate surface area is 411 Å². The smallest absolute Gasteiger partial charge is 0.462 e. The van der Waals surface area contributed by atoms with Crippen LogP contribution in [0.1, 0.15) is 181 Å². The molecule has 0 bridgehead atoms. The van der Waals surface area contributed by atoms with E-state index in [9.17, 15) is 64.0 Å². The van der Waals surface area contributed by atoms with Gasteiger partial charge >= 0.3 is 27.6 Å². The number of unbranched alkanes of at least 4 members (excludes halogenated alkanes) is 16. The highest BCUT2D eigenvalue weighted by Gasteiger charge is 2.54. The first-order valence-corrected chi connectivity index (χ1v) is 28.4. The van der Waals surface area contributed by atoms with Crippen LogP contribution >= 0.6 is 15.6 Å². The minimum Gasteiger partial charge on any atom is -0.462 e. The lowest BCUT2D eigenvalue weighted by atomic mass is 9.85. The molecule has 69 heavy (non-hydrogen) atoms. The first kappa shape index (κ1) is 64.9. The molecule has 0 saturated heterocycles. The second-order valence-electron chi connectivity index (χ2n) is 17.8. The Kier molecular flexibility index (Phi) is 37.1. The lowest BCUT2D eigenvalue weighted by Crippen LogP contribution is -2.64. The van der Waals surface area contributed by atoms with Gasteiger partial charge in [0.05, 0.1) is 18.8 Å². The Bertz CT molecular complexity index is 1550. The quantitative estimate of drug-likeness (QED) is 0.0121. The topological polar surface area (TPSA) is 296 Å². The Balaban J connectivity index is 2.65. The fourth-order valence-corrected chi connectivity index (χ4v) is 9.12. The number of phosphoric acid groups is 2. The van der Waals surface area contributed by atoms with Crippen LogP contribution in [0.15, 0.2) is 48.6 Å². The maximum absolute atomic E-state index is 13.0. The largest absolute Gasteiger partial charge is 0.472 e. The summed E-state index contributed by atoms with van der Waals surface area (Å²) in [6.45, 7) is 2.76. The molecule has 0 amide bonds. The third kappa shape index (κ3) is 33.3. The van der Waals surface area contributed by atoms with E-state index in [2.05, 4.69) is 42.7 Å². The van der Waals surface area contributed by atoms with E-state index < -0.39 is 95.7 Å². The lowest BCUT2D eigenvalue weighted by molar-refractivity contribution is -0.216. The second-order valence-corrected chi connectivity index (χ2v) is 20.4. The molecule has 402 valence electrons. The minimum absolute atomic E-state index is 0.0148. The van der Waals surface area contributed by atoms with Crippen molar-refractivity contribution in [1.82, 2.24) is 0 Å². The average Bonchev–Trinajstić information content (AvgIpc) is 3.30. The summed E-state index contributed by atoms with van der Waals surface area (Å²) in [6, 6.07) is 0. The normalized spacial score (nSPS) is 22.4. The van der Waals surface area contributed by atoms with Crippen LogP contribution in [0.5, 0.6) is 0 Å². The number of phosphoric ester groups is 2. The van der Waals surface area contributed by atoms with Gasteiger partial charge in [0.2, 0.25) is 0 Å². The zero-order valence-corrected chi connectivity index (χ0v) is 43.0. The molecule has 0 aromatic heterocycles. The number of aliphatic hydroxyl groups excluding tert-OH is 6. The molecule has 1 aliphatic rings. The summed E-state index contributed by atoms with van der Waals surface area (Å²) in [5.41, 5.74) is 0. The van der Waals surface area contributed by atoms with Gasteiger partial charge in [-0.3, -0.25) is 23.2 Å². The van der Waals surface area contributed by atoms with Crippen LogP contribution in [-0.4, -0.2) is 125 Å². The molecule has 0 aromatic rings. The first-order valence-electron chi connectivity index (χ1n) is 25.3. The van der Waals surface area contributed by atoms with Gasteiger partial charge in [0.15, 0.2) is 6.10 Å². The maximum Gasteiger partial charge on any atom is 0.472 e. The fourth-order valence-electron chi connectivity index (χ4n) is 7.58. The predicted octanol–water partition coefficient (Wildman–Crippen LogP) is 8.01. The Morgan fingerprint density at radius 1 is 0.522 bits per heavy atom. The summed E-state index contributed by atoms with van der Waals surface area (Å²) in [5, 5.41) is 62.1. The third-order valence-electron chi connectivity index (χ3n) is 11.6. The molecule has 0 spiro atoms. The zero-order chi connectivity index (χ0) is 51.3. The van der Waals surface area contributed by atoms with Crippen LogP contribution in [0.3, 0.4) is 0 Å². The lowest BCUT2D eigenvalue weighted by Gasteiger charge is -2.43. The minimum atomic E-state index is -5.40. The van der Waals surface area contributed by atoms with Crippen molar-refractivity contribution in [3.8, 4) is 0 Å². The third-order valence-corrected chi connectivity index (χ3v) is 13.1. The molecule has 1 aliphatic carbocycles. The number of hydrogen-bond donors (Lipinski definition) is 9. The molecular weight excluding hydrogens is 938 g/mol. The monoisotopic (exact) mass is 1030 g/mol. The molecule has 0 heterocycles. The van der Waals surface area contributed by atoms with Gasteiger partial charge in [0.25, 0.3) is 0 Å². The van der Waals surface area contributed by atoms with Gasteiger partial charge in [-0.2, -0.15) is 0 Å². The van der Waals surface area contributed by atoms with Crippen molar-refractivity contribution >= 4 is 27.6 Å². The van der Waals surface area contributed by atoms with Crippen LogP contribution < -0.4 is 0 Å². The maximum atomic E-state index is 13.0. The number of esters is 2. The molecule has 1 rings (SSSR count). The van der Waals surface area contributed by atoms with E-state index in [-0.39, 0.29) is 32.1 Å². The van der Waals surface area contributed by atoms with Crippen LogP contribution in [0.4, 0.5) is 0 Å². The summed E-state index contributed by atoms with van der Waals surface area (Å²) >= 11 is 0. The zero-order valence-electron chi connectivity index (χ0n) is 41.2. The van der Waals surface area contributed by atoms with Crippen LogP contribution in [-0.2, 0) is 41.8 Å². The summed E-state index contributed by atoms with van der Waals surface area (Å²) < 4.78 is 49.3. The van der Waals surface area contributed by atoms with Crippen molar-refractivity contribution in [3.63, 3.8) is 0 Å². The molecule has 1 saturated carbocycles. The van der Waals surface area contributed by atoms with E-state index in [4.69, 9.17) is 18.5 Å². The highest BCUT2D eigenvalue weighted by molar-refractivity contribution is 7.47. The van der Waals surface area contributed by atoms with Gasteiger partial charge in [0.1, 0.15) is 43.2 Å². The van der Waals surface area contributed by atoms with Crippen molar-refractivity contribution < 1.29 is 87.1 Å². The summed E-state index contributed by atoms with van der Waals surface area (Å²) in [4.78, 5) is 54.4. The number of carbonyl (C=O) groups is 2. The van der Waals surface area contributed by atoms with Crippen molar-refractivity contribution in [2.45, 2.75) is 236 Å². The van der Waals surface area contributed by atoms with Crippen LogP contribution in [0.2, 0.25) is 0 Å². The molecule has 20 heteroatoms. The van der Waals surface area contributed by atoms with Crippen LogP contribution in [0.25, 0.3) is 0 Å². The summed E-state index contributed by atoms with van der Waals surface area (Å²) in [6.07, 6.45) is 22.1. The molecule has 0 aliphatic heterocycles. The van der Waals surface area contributed by atoms with Gasteiger partial charge in [0, 0.05) is 12.8 Å². The molecule has 0 aromatic carbocycles. The van der Waals surface area contributed by atoms with Crippen molar-refractivity contribution in [2.24, 2.45) is 0 Å². The van der Waals surface area contributed by atoms with E-state index in [1.807, 2.05) is 18.2 Å². The van der Waals surface area contributed by atoms with Crippen molar-refractivity contribution in [3.05, 3.63) is 48.6 Å². The second kappa shape index (κ2) is 39.4. The van der Waals surface area contributed by atoms with Gasteiger partial charge in [-0.15, -0.1) is 0 Å². The predicted molar refractivity (Wildman–Crippen MR) is 262 cm³/mol. The van der Waals surface area contributed by atoms with Gasteiger partial charge in [-0.05, 0) is 51.4 Å². The highest BCUT2D eigenvalue weighted by atomic mass is 31.2. The van der Waals surface area contributed by atoms with E-state index in [1.54, 1.807) is 6.08 Å². The van der Waals surface area contributed by atoms with E-state index in [1.165, 1.54) is 70.6 Å².